The van der Waals surface area contributed by atoms with Gasteiger partial charge in [0.2, 0.25) is 0 Å². The van der Waals surface area contributed by atoms with E-state index in [0.29, 0.717) is 0 Å². The van der Waals surface area contributed by atoms with E-state index in [1.54, 1.807) is 13.1 Å². The molecule has 0 aromatic carbocycles. The molecule has 0 heterocycles. The van der Waals surface area contributed by atoms with E-state index in [1.165, 1.54) is 12.8 Å². The fourth-order valence-corrected chi connectivity index (χ4v) is 11.1. The Morgan fingerprint density at radius 1 is 0.684 bits per heavy atom. The summed E-state index contributed by atoms with van der Waals surface area (Å²) in [6.45, 7) is 3.22. The number of hydrogen-bond donors (Lipinski definition) is 0. The fourth-order valence-electron chi connectivity index (χ4n) is 3.79. The molecular formula is C14H28F2OSi2. The topological polar surface area (TPSA) is 9.23 Å². The summed E-state index contributed by atoms with van der Waals surface area (Å²) in [6.07, 6.45) is 10.4. The summed E-state index contributed by atoms with van der Waals surface area (Å²) in [6, 6.07) is 0. The predicted molar refractivity (Wildman–Crippen MR) is 80.2 cm³/mol. The molecule has 2 aliphatic rings. The maximum Gasteiger partial charge on any atom is 0.375 e. The molecule has 5 heteroatoms. The summed E-state index contributed by atoms with van der Waals surface area (Å²) in [5.41, 5.74) is 0.0693. The number of rotatable bonds is 4. The first-order chi connectivity index (χ1) is 8.92. The first-order valence-corrected chi connectivity index (χ1v) is 12.7. The van der Waals surface area contributed by atoms with Crippen LogP contribution in [0.25, 0.3) is 0 Å². The average molecular weight is 307 g/mol. The molecule has 1 nitrogen and oxygen atoms in total. The lowest BCUT2D eigenvalue weighted by Crippen LogP contribution is -2.49. The maximum atomic E-state index is 14.9. The van der Waals surface area contributed by atoms with Crippen molar-refractivity contribution >= 4 is 17.3 Å². The van der Waals surface area contributed by atoms with Gasteiger partial charge in [-0.15, -0.1) is 0 Å². The Morgan fingerprint density at radius 2 is 1.00 bits per heavy atom. The minimum Gasteiger partial charge on any atom is -0.408 e. The third kappa shape index (κ3) is 4.11. The second-order valence-electron chi connectivity index (χ2n) is 6.74. The van der Waals surface area contributed by atoms with E-state index in [1.807, 2.05) is 0 Å². The van der Waals surface area contributed by atoms with Gasteiger partial charge >= 0.3 is 17.3 Å². The van der Waals surface area contributed by atoms with Crippen LogP contribution in [0.15, 0.2) is 0 Å². The lowest BCUT2D eigenvalue weighted by molar-refractivity contribution is 0.328. The summed E-state index contributed by atoms with van der Waals surface area (Å²) >= 11 is 0. The van der Waals surface area contributed by atoms with Crippen LogP contribution in [0, 0.1) is 0 Å². The van der Waals surface area contributed by atoms with Gasteiger partial charge in [0.05, 0.1) is 0 Å². The molecule has 0 radical (unpaired) electrons. The monoisotopic (exact) mass is 306 g/mol. The summed E-state index contributed by atoms with van der Waals surface area (Å²) in [7, 11) is -6.67. The molecule has 2 unspecified atom stereocenters. The molecule has 19 heavy (non-hydrogen) atoms. The molecule has 0 aliphatic heterocycles. The van der Waals surface area contributed by atoms with Gasteiger partial charge in [0.25, 0.3) is 0 Å². The lowest BCUT2D eigenvalue weighted by atomic mass is 10.0. The molecule has 2 saturated carbocycles. The van der Waals surface area contributed by atoms with Crippen LogP contribution in [0.4, 0.5) is 8.22 Å². The quantitative estimate of drug-likeness (QED) is 0.474. The summed E-state index contributed by atoms with van der Waals surface area (Å²) in [5.74, 6) is 0. The van der Waals surface area contributed by atoms with Crippen LogP contribution in [0.2, 0.25) is 24.2 Å². The standard InChI is InChI=1S/C14H28F2OSi2/c1-18(15,13-9-5-3-6-10-13)17-19(2,16)14-11-7-4-8-12-14/h13-14H,3-12H2,1-2H3. The Balaban J connectivity index is 1.96. The minimum atomic E-state index is -3.34. The van der Waals surface area contributed by atoms with E-state index in [0.717, 1.165) is 51.4 Å². The minimum absolute atomic E-state index is 0.0346. The molecule has 0 amide bonds. The van der Waals surface area contributed by atoms with E-state index in [9.17, 15) is 8.22 Å². The van der Waals surface area contributed by atoms with Crippen LogP contribution in [-0.2, 0) is 4.12 Å². The molecule has 0 aromatic heterocycles. The molecule has 0 saturated heterocycles. The van der Waals surface area contributed by atoms with Crippen molar-refractivity contribution < 1.29 is 12.3 Å². The molecule has 2 fully saturated rings. The number of halogens is 2. The maximum absolute atomic E-state index is 14.9. The van der Waals surface area contributed by atoms with Crippen molar-refractivity contribution in [3.05, 3.63) is 0 Å². The van der Waals surface area contributed by atoms with Gasteiger partial charge in [0.15, 0.2) is 0 Å². The van der Waals surface area contributed by atoms with Gasteiger partial charge in [-0.05, 0) is 38.8 Å². The smallest absolute Gasteiger partial charge is 0.375 e. The Bertz CT molecular complexity index is 257. The second kappa shape index (κ2) is 6.35. The van der Waals surface area contributed by atoms with Crippen LogP contribution in [0.1, 0.15) is 64.2 Å². The molecule has 0 bridgehead atoms. The molecular weight excluding hydrogens is 278 g/mol. The van der Waals surface area contributed by atoms with Crippen molar-refractivity contribution in [1.82, 2.24) is 0 Å². The summed E-state index contributed by atoms with van der Waals surface area (Å²) < 4.78 is 35.5. The zero-order valence-electron chi connectivity index (χ0n) is 12.4. The zero-order valence-corrected chi connectivity index (χ0v) is 14.4. The van der Waals surface area contributed by atoms with Gasteiger partial charge in [-0.25, -0.2) is 0 Å². The highest BCUT2D eigenvalue weighted by molar-refractivity contribution is 6.80. The van der Waals surface area contributed by atoms with Crippen LogP contribution in [0.3, 0.4) is 0 Å². The molecule has 0 spiro atoms. The highest BCUT2D eigenvalue weighted by Gasteiger charge is 2.51. The molecule has 0 aromatic rings. The molecule has 0 N–H and O–H groups in total. The zero-order chi connectivity index (χ0) is 13.9. The summed E-state index contributed by atoms with van der Waals surface area (Å²) in [4.78, 5) is 0. The van der Waals surface area contributed by atoms with Crippen molar-refractivity contribution in [3.8, 4) is 0 Å². The first kappa shape index (κ1) is 15.6. The molecule has 2 rings (SSSR count). The van der Waals surface area contributed by atoms with Crippen molar-refractivity contribution in [3.63, 3.8) is 0 Å². The Kier molecular flexibility index (Phi) is 5.23. The molecule has 2 atom stereocenters. The predicted octanol–water partition coefficient (Wildman–Crippen LogP) is 5.75. The van der Waals surface area contributed by atoms with Crippen molar-refractivity contribution in [2.45, 2.75) is 88.4 Å². The van der Waals surface area contributed by atoms with Crippen molar-refractivity contribution in [1.29, 1.82) is 0 Å². The molecule has 2 aliphatic carbocycles. The highest BCUT2D eigenvalue weighted by atomic mass is 28.5. The van der Waals surface area contributed by atoms with Gasteiger partial charge in [-0.3, -0.25) is 8.22 Å². The Hall–Kier alpha value is 0.254. The SMILES string of the molecule is C[Si](F)(O[Si](C)(F)C1CCCCC1)C1CCCCC1. The van der Waals surface area contributed by atoms with Gasteiger partial charge in [0.1, 0.15) is 0 Å². The fraction of sp³-hybridized carbons (Fsp3) is 1.00. The van der Waals surface area contributed by atoms with E-state index in [2.05, 4.69) is 0 Å². The lowest BCUT2D eigenvalue weighted by Gasteiger charge is -2.38. The van der Waals surface area contributed by atoms with Crippen molar-refractivity contribution in [2.24, 2.45) is 0 Å². The normalized spacial score (nSPS) is 29.7. The van der Waals surface area contributed by atoms with E-state index < -0.39 is 17.3 Å². The van der Waals surface area contributed by atoms with Crippen LogP contribution >= 0.6 is 0 Å². The van der Waals surface area contributed by atoms with Gasteiger partial charge < -0.3 is 4.12 Å². The van der Waals surface area contributed by atoms with Gasteiger partial charge in [-0.1, -0.05) is 38.5 Å². The highest BCUT2D eigenvalue weighted by Crippen LogP contribution is 2.44. The number of hydrogen-bond acceptors (Lipinski definition) is 1. The van der Waals surface area contributed by atoms with E-state index in [4.69, 9.17) is 4.12 Å². The third-order valence-electron chi connectivity index (χ3n) is 5.07. The Labute approximate surface area is 118 Å². The average Bonchev–Trinajstić information content (AvgIpc) is 2.40. The van der Waals surface area contributed by atoms with Crippen molar-refractivity contribution in [2.75, 3.05) is 0 Å². The van der Waals surface area contributed by atoms with Crippen LogP contribution in [-0.4, -0.2) is 17.3 Å². The summed E-state index contributed by atoms with van der Waals surface area (Å²) in [5, 5.41) is 0. The second-order valence-corrected chi connectivity index (χ2v) is 13.1. The Morgan fingerprint density at radius 3 is 1.32 bits per heavy atom. The first-order valence-electron chi connectivity index (χ1n) is 8.00. The van der Waals surface area contributed by atoms with Crippen LogP contribution < -0.4 is 0 Å². The largest absolute Gasteiger partial charge is 0.408 e. The van der Waals surface area contributed by atoms with E-state index >= 15 is 0 Å². The third-order valence-corrected chi connectivity index (χ3v) is 12.3. The van der Waals surface area contributed by atoms with Gasteiger partial charge in [0, 0.05) is 11.1 Å². The van der Waals surface area contributed by atoms with Gasteiger partial charge in [-0.2, -0.15) is 0 Å². The molecule has 112 valence electrons. The van der Waals surface area contributed by atoms with E-state index in [-0.39, 0.29) is 11.1 Å². The van der Waals surface area contributed by atoms with Crippen LogP contribution in [0.5, 0.6) is 0 Å².